The van der Waals surface area contributed by atoms with Crippen LogP contribution in [0.3, 0.4) is 0 Å². The maximum atomic E-state index is 5.97. The molecule has 0 aliphatic heterocycles. The van der Waals surface area contributed by atoms with Crippen LogP contribution in [0.2, 0.25) is 5.02 Å². The molecule has 1 rings (SSSR count). The van der Waals surface area contributed by atoms with Crippen LogP contribution in [0.5, 0.6) is 5.75 Å². The van der Waals surface area contributed by atoms with Gasteiger partial charge in [0, 0.05) is 16.6 Å². The van der Waals surface area contributed by atoms with Crippen molar-refractivity contribution in [3.8, 4) is 5.75 Å². The highest BCUT2D eigenvalue weighted by Crippen LogP contribution is 2.28. The quantitative estimate of drug-likeness (QED) is 0.917. The number of hydrogen-bond donors (Lipinski definition) is 1. The van der Waals surface area contributed by atoms with Gasteiger partial charge in [-0.3, -0.25) is 0 Å². The molecule has 0 unspecified atom stereocenters. The zero-order valence-electron chi connectivity index (χ0n) is 7.59. The first-order valence-electron chi connectivity index (χ1n) is 4.08. The average Bonchev–Trinajstić information content (AvgIpc) is 2.15. The van der Waals surface area contributed by atoms with E-state index >= 15 is 0 Å². The summed E-state index contributed by atoms with van der Waals surface area (Å²) in [7, 11) is 0. The summed E-state index contributed by atoms with van der Waals surface area (Å²) in [4.78, 5) is 0. The molecule has 4 heteroatoms. The van der Waals surface area contributed by atoms with E-state index in [0.717, 1.165) is 10.0 Å². The smallest absolute Gasteiger partial charge is 0.142 e. The van der Waals surface area contributed by atoms with Crippen molar-refractivity contribution in [3.63, 3.8) is 0 Å². The van der Waals surface area contributed by atoms with Gasteiger partial charge in [0.1, 0.15) is 12.4 Å². The Balaban J connectivity index is 2.87. The number of rotatable bonds is 4. The Kier molecular flexibility index (Phi) is 4.45. The first kappa shape index (κ1) is 11.6. The van der Waals surface area contributed by atoms with Crippen molar-refractivity contribution in [3.05, 3.63) is 39.8 Å². The van der Waals surface area contributed by atoms with E-state index < -0.39 is 0 Å². The minimum absolute atomic E-state index is 0.386. The second-order valence-corrected chi connectivity index (χ2v) is 4.27. The number of hydrogen-bond acceptors (Lipinski definition) is 2. The van der Waals surface area contributed by atoms with Crippen molar-refractivity contribution in [2.24, 2.45) is 5.73 Å². The lowest BCUT2D eigenvalue weighted by Crippen LogP contribution is -2.03. The van der Waals surface area contributed by atoms with Crippen LogP contribution in [0.4, 0.5) is 0 Å². The predicted octanol–water partition coefficient (Wildman–Crippen LogP) is 3.09. The van der Waals surface area contributed by atoms with E-state index in [-0.39, 0.29) is 0 Å². The molecule has 0 fully saturated rings. The molecular weight excluding hydrogens is 265 g/mol. The molecule has 0 spiro atoms. The fourth-order valence-corrected chi connectivity index (χ4v) is 1.39. The molecule has 2 nitrogen and oxygen atoms in total. The van der Waals surface area contributed by atoms with Crippen LogP contribution >= 0.6 is 27.5 Å². The van der Waals surface area contributed by atoms with Gasteiger partial charge in [-0.05, 0) is 6.07 Å². The summed E-state index contributed by atoms with van der Waals surface area (Å²) in [5, 5.41) is 0.571. The van der Waals surface area contributed by atoms with E-state index in [2.05, 4.69) is 22.5 Å². The van der Waals surface area contributed by atoms with Crippen LogP contribution < -0.4 is 10.5 Å². The van der Waals surface area contributed by atoms with Crippen molar-refractivity contribution in [1.29, 1.82) is 0 Å². The highest BCUT2D eigenvalue weighted by Gasteiger charge is 2.06. The van der Waals surface area contributed by atoms with Gasteiger partial charge in [-0.1, -0.05) is 46.2 Å². The van der Waals surface area contributed by atoms with Crippen molar-refractivity contribution in [1.82, 2.24) is 0 Å². The number of benzene rings is 1. The molecule has 0 aliphatic rings. The Hall–Kier alpha value is -0.510. The average molecular weight is 277 g/mol. The van der Waals surface area contributed by atoms with Gasteiger partial charge >= 0.3 is 0 Å². The number of para-hydroxylation sites is 1. The highest BCUT2D eigenvalue weighted by molar-refractivity contribution is 9.11. The van der Waals surface area contributed by atoms with Crippen molar-refractivity contribution in [2.75, 3.05) is 6.61 Å². The van der Waals surface area contributed by atoms with Gasteiger partial charge in [0.05, 0.1) is 5.02 Å². The molecule has 1 aromatic rings. The van der Waals surface area contributed by atoms with Gasteiger partial charge in [-0.2, -0.15) is 0 Å². The summed E-state index contributed by atoms with van der Waals surface area (Å²) >= 11 is 9.18. The Morgan fingerprint density at radius 2 is 2.29 bits per heavy atom. The Bertz CT molecular complexity index is 341. The molecule has 0 amide bonds. The first-order valence-corrected chi connectivity index (χ1v) is 5.25. The van der Waals surface area contributed by atoms with Crippen LogP contribution in [-0.2, 0) is 6.54 Å². The van der Waals surface area contributed by atoms with Crippen molar-refractivity contribution in [2.45, 2.75) is 6.54 Å². The van der Waals surface area contributed by atoms with Crippen LogP contribution in [0, 0.1) is 0 Å². The lowest BCUT2D eigenvalue weighted by molar-refractivity contribution is 0.357. The second kappa shape index (κ2) is 5.39. The highest BCUT2D eigenvalue weighted by atomic mass is 79.9. The van der Waals surface area contributed by atoms with Gasteiger partial charge < -0.3 is 10.5 Å². The zero-order chi connectivity index (χ0) is 10.6. The maximum absolute atomic E-state index is 5.97. The molecule has 1 aromatic carbocycles. The Morgan fingerprint density at radius 3 is 2.86 bits per heavy atom. The largest absolute Gasteiger partial charge is 0.486 e. The summed E-state index contributed by atoms with van der Waals surface area (Å²) in [6.45, 7) is 4.47. The molecule has 0 bridgehead atoms. The Morgan fingerprint density at radius 1 is 1.57 bits per heavy atom. The first-order chi connectivity index (χ1) is 6.65. The fraction of sp³-hybridized carbons (Fsp3) is 0.200. The number of ether oxygens (including phenoxy) is 1. The van der Waals surface area contributed by atoms with E-state index in [0.29, 0.717) is 23.9 Å². The molecule has 0 saturated heterocycles. The third kappa shape index (κ3) is 3.01. The summed E-state index contributed by atoms with van der Waals surface area (Å²) in [6.07, 6.45) is 0. The molecule has 0 atom stereocenters. The van der Waals surface area contributed by atoms with Gasteiger partial charge in [0.15, 0.2) is 0 Å². The van der Waals surface area contributed by atoms with E-state index in [9.17, 15) is 0 Å². The van der Waals surface area contributed by atoms with Crippen LogP contribution in [-0.4, -0.2) is 6.61 Å². The number of halogens is 2. The fourth-order valence-electron chi connectivity index (χ4n) is 1.03. The maximum Gasteiger partial charge on any atom is 0.142 e. The normalized spacial score (nSPS) is 9.93. The topological polar surface area (TPSA) is 35.2 Å². The molecule has 76 valence electrons. The molecule has 2 N–H and O–H groups in total. The third-order valence-electron chi connectivity index (χ3n) is 1.64. The summed E-state index contributed by atoms with van der Waals surface area (Å²) < 4.78 is 6.23. The minimum Gasteiger partial charge on any atom is -0.486 e. The van der Waals surface area contributed by atoms with Gasteiger partial charge in [0.2, 0.25) is 0 Å². The molecule has 0 aliphatic carbocycles. The van der Waals surface area contributed by atoms with Gasteiger partial charge in [-0.25, -0.2) is 0 Å². The molecular formula is C10H11BrClNO. The zero-order valence-corrected chi connectivity index (χ0v) is 9.94. The van der Waals surface area contributed by atoms with Gasteiger partial charge in [0.25, 0.3) is 0 Å². The molecule has 0 radical (unpaired) electrons. The minimum atomic E-state index is 0.386. The summed E-state index contributed by atoms with van der Waals surface area (Å²) in [5.74, 6) is 0.636. The Labute approximate surface area is 96.8 Å². The van der Waals surface area contributed by atoms with Gasteiger partial charge in [-0.15, -0.1) is 0 Å². The number of nitrogens with two attached hydrogens (primary N) is 1. The van der Waals surface area contributed by atoms with Crippen LogP contribution in [0.1, 0.15) is 5.56 Å². The summed E-state index contributed by atoms with van der Waals surface area (Å²) in [5.41, 5.74) is 6.45. The lowest BCUT2D eigenvalue weighted by atomic mass is 10.2. The lowest BCUT2D eigenvalue weighted by Gasteiger charge is -2.11. The molecule has 0 aromatic heterocycles. The standard InChI is InChI=1S/C10H11BrClNO/c1-7(11)6-14-10-8(5-13)3-2-4-9(10)12/h2-4H,1,5-6,13H2. The van der Waals surface area contributed by atoms with E-state index in [4.69, 9.17) is 22.1 Å². The summed E-state index contributed by atoms with van der Waals surface area (Å²) in [6, 6.07) is 5.51. The third-order valence-corrected chi connectivity index (χ3v) is 2.17. The van der Waals surface area contributed by atoms with Crippen molar-refractivity contribution < 1.29 is 4.74 Å². The molecule has 0 heterocycles. The molecule has 14 heavy (non-hydrogen) atoms. The monoisotopic (exact) mass is 275 g/mol. The van der Waals surface area contributed by atoms with Crippen molar-refractivity contribution >= 4 is 27.5 Å². The SMILES string of the molecule is C=C(Br)COc1c(Cl)cccc1CN. The van der Waals surface area contributed by atoms with E-state index in [1.54, 1.807) is 6.07 Å². The second-order valence-electron chi connectivity index (χ2n) is 2.74. The van der Waals surface area contributed by atoms with E-state index in [1.807, 2.05) is 12.1 Å². The van der Waals surface area contributed by atoms with E-state index in [1.165, 1.54) is 0 Å². The van der Waals surface area contributed by atoms with Crippen LogP contribution in [0.25, 0.3) is 0 Å². The predicted molar refractivity (Wildman–Crippen MR) is 62.9 cm³/mol. The van der Waals surface area contributed by atoms with Crippen LogP contribution in [0.15, 0.2) is 29.3 Å². The molecule has 0 saturated carbocycles.